The van der Waals surface area contributed by atoms with Crippen LogP contribution >= 0.6 is 0 Å². The lowest BCUT2D eigenvalue weighted by Crippen LogP contribution is -2.39. The predicted octanol–water partition coefficient (Wildman–Crippen LogP) is 7.98. The van der Waals surface area contributed by atoms with E-state index in [4.69, 9.17) is 9.47 Å². The zero-order valence-corrected chi connectivity index (χ0v) is 26.8. The fourth-order valence-electron chi connectivity index (χ4n) is 5.48. The van der Waals surface area contributed by atoms with Crippen LogP contribution in [-0.2, 0) is 9.53 Å². The van der Waals surface area contributed by atoms with Crippen molar-refractivity contribution >= 4 is 12.0 Å². The number of unbranched alkanes of at least 4 members (excludes halogenated alkanes) is 15. The van der Waals surface area contributed by atoms with Crippen molar-refractivity contribution in [2.75, 3.05) is 52.5 Å². The SMILES string of the molecule is CCCCCCCCCCCCCCCCCCN(CCC(=O)NCCCN1CCOCC1)C(=O)Oc1ccccc1. The quantitative estimate of drug-likeness (QED) is 0.117. The van der Waals surface area contributed by atoms with Gasteiger partial charge in [0.1, 0.15) is 5.75 Å². The number of carbonyl (C=O) groups is 2. The molecular weight excluding hydrogens is 526 g/mol. The van der Waals surface area contributed by atoms with Gasteiger partial charge in [-0.1, -0.05) is 121 Å². The molecule has 1 aromatic carbocycles. The molecule has 0 unspecified atom stereocenters. The van der Waals surface area contributed by atoms with Crippen LogP contribution < -0.4 is 10.1 Å². The normalized spacial score (nSPS) is 13.6. The Balaban J connectivity index is 1.55. The van der Waals surface area contributed by atoms with Crippen LogP contribution in [0.25, 0.3) is 0 Å². The van der Waals surface area contributed by atoms with Crippen molar-refractivity contribution in [3.05, 3.63) is 30.3 Å². The number of para-hydroxylation sites is 1. The van der Waals surface area contributed by atoms with E-state index in [2.05, 4.69) is 17.1 Å². The van der Waals surface area contributed by atoms with Crippen LogP contribution in [0.15, 0.2) is 30.3 Å². The lowest BCUT2D eigenvalue weighted by Gasteiger charge is -2.26. The Bertz CT molecular complexity index is 786. The number of rotatable bonds is 25. The van der Waals surface area contributed by atoms with Crippen molar-refractivity contribution in [3.63, 3.8) is 0 Å². The molecular formula is C35H61N3O4. The molecule has 1 N–H and O–H groups in total. The minimum absolute atomic E-state index is 0.0125. The largest absolute Gasteiger partial charge is 0.415 e. The van der Waals surface area contributed by atoms with Crippen LogP contribution in [0.1, 0.15) is 122 Å². The van der Waals surface area contributed by atoms with E-state index in [9.17, 15) is 9.59 Å². The van der Waals surface area contributed by atoms with Crippen molar-refractivity contribution in [1.29, 1.82) is 0 Å². The van der Waals surface area contributed by atoms with Gasteiger partial charge in [0.2, 0.25) is 5.91 Å². The smallest absolute Gasteiger partial charge is 0.410 e. The number of benzene rings is 1. The number of morpholine rings is 1. The van der Waals surface area contributed by atoms with Crippen molar-refractivity contribution in [2.45, 2.75) is 122 Å². The second-order valence-electron chi connectivity index (χ2n) is 11.9. The molecule has 240 valence electrons. The van der Waals surface area contributed by atoms with Gasteiger partial charge in [-0.15, -0.1) is 0 Å². The number of hydrogen-bond acceptors (Lipinski definition) is 5. The van der Waals surface area contributed by atoms with Gasteiger partial charge in [-0.3, -0.25) is 9.69 Å². The van der Waals surface area contributed by atoms with E-state index in [0.717, 1.165) is 52.1 Å². The number of carbonyl (C=O) groups excluding carboxylic acids is 2. The molecule has 0 aliphatic carbocycles. The summed E-state index contributed by atoms with van der Waals surface area (Å²) in [5, 5.41) is 3.01. The molecule has 1 heterocycles. The Hall–Kier alpha value is -2.12. The lowest BCUT2D eigenvalue weighted by molar-refractivity contribution is -0.121. The molecule has 1 fully saturated rings. The van der Waals surface area contributed by atoms with Gasteiger partial charge in [0, 0.05) is 39.1 Å². The second kappa shape index (κ2) is 25.4. The summed E-state index contributed by atoms with van der Waals surface area (Å²) in [5.41, 5.74) is 0. The van der Waals surface area contributed by atoms with Gasteiger partial charge in [0.25, 0.3) is 0 Å². The standard InChI is InChI=1S/C35H61N3O4/c1-2-3-4-5-6-7-8-9-10-11-12-13-14-15-16-20-27-38(35(40)42-33-22-18-17-19-23-33)28-24-34(39)36-25-21-26-37-29-31-41-32-30-37/h17-19,22-23H,2-16,20-21,24-32H2,1H3,(H,36,39). The molecule has 1 saturated heterocycles. The third-order valence-electron chi connectivity index (χ3n) is 8.17. The van der Waals surface area contributed by atoms with E-state index >= 15 is 0 Å². The van der Waals surface area contributed by atoms with Crippen molar-refractivity contribution < 1.29 is 19.1 Å². The molecule has 0 aromatic heterocycles. The Morgan fingerprint density at radius 2 is 1.31 bits per heavy atom. The summed E-state index contributed by atoms with van der Waals surface area (Å²) in [5.74, 6) is 0.522. The number of ether oxygens (including phenoxy) is 2. The summed E-state index contributed by atoms with van der Waals surface area (Å²) in [7, 11) is 0. The summed E-state index contributed by atoms with van der Waals surface area (Å²) in [4.78, 5) is 29.5. The molecule has 0 bridgehead atoms. The summed E-state index contributed by atoms with van der Waals surface area (Å²) in [6.45, 7) is 8.41. The molecule has 0 radical (unpaired) electrons. The highest BCUT2D eigenvalue weighted by atomic mass is 16.6. The first-order valence-corrected chi connectivity index (χ1v) is 17.3. The zero-order valence-electron chi connectivity index (χ0n) is 26.8. The highest BCUT2D eigenvalue weighted by Gasteiger charge is 2.17. The van der Waals surface area contributed by atoms with Crippen molar-refractivity contribution in [3.8, 4) is 5.75 Å². The summed E-state index contributed by atoms with van der Waals surface area (Å²) >= 11 is 0. The molecule has 42 heavy (non-hydrogen) atoms. The number of amides is 2. The van der Waals surface area contributed by atoms with Crippen LogP contribution in [0, 0.1) is 0 Å². The predicted molar refractivity (Wildman–Crippen MR) is 173 cm³/mol. The maximum Gasteiger partial charge on any atom is 0.415 e. The molecule has 1 aromatic rings. The minimum atomic E-state index is -0.373. The fraction of sp³-hybridized carbons (Fsp3) is 0.771. The van der Waals surface area contributed by atoms with E-state index in [1.807, 2.05) is 18.2 Å². The topological polar surface area (TPSA) is 71.1 Å². The fourth-order valence-corrected chi connectivity index (χ4v) is 5.48. The van der Waals surface area contributed by atoms with Crippen molar-refractivity contribution in [1.82, 2.24) is 15.1 Å². The maximum absolute atomic E-state index is 12.9. The summed E-state index contributed by atoms with van der Waals surface area (Å²) < 4.78 is 11.0. The molecule has 0 atom stereocenters. The monoisotopic (exact) mass is 587 g/mol. The average molecular weight is 588 g/mol. The first-order chi connectivity index (χ1) is 20.7. The van der Waals surface area contributed by atoms with E-state index in [-0.39, 0.29) is 12.0 Å². The van der Waals surface area contributed by atoms with Gasteiger partial charge in [-0.05, 0) is 31.5 Å². The molecule has 0 spiro atoms. The maximum atomic E-state index is 12.9. The van der Waals surface area contributed by atoms with Gasteiger partial charge >= 0.3 is 6.09 Å². The first kappa shape index (κ1) is 36.1. The Labute approximate surface area is 257 Å². The average Bonchev–Trinajstić information content (AvgIpc) is 3.01. The van der Waals surface area contributed by atoms with Crippen LogP contribution in [0.2, 0.25) is 0 Å². The Morgan fingerprint density at radius 3 is 1.88 bits per heavy atom. The first-order valence-electron chi connectivity index (χ1n) is 17.3. The van der Waals surface area contributed by atoms with E-state index in [1.54, 1.807) is 17.0 Å². The molecule has 0 saturated carbocycles. The van der Waals surface area contributed by atoms with Gasteiger partial charge in [0.15, 0.2) is 0 Å². The van der Waals surface area contributed by atoms with E-state index in [1.165, 1.54) is 89.9 Å². The van der Waals surface area contributed by atoms with Crippen LogP contribution in [0.4, 0.5) is 4.79 Å². The van der Waals surface area contributed by atoms with Crippen LogP contribution in [0.3, 0.4) is 0 Å². The minimum Gasteiger partial charge on any atom is -0.410 e. The Morgan fingerprint density at radius 1 is 0.762 bits per heavy atom. The summed E-state index contributed by atoms with van der Waals surface area (Å²) in [6, 6.07) is 9.17. The van der Waals surface area contributed by atoms with E-state index < -0.39 is 0 Å². The van der Waals surface area contributed by atoms with Crippen LogP contribution in [0.5, 0.6) is 5.75 Å². The molecule has 2 rings (SSSR count). The Kier molecular flexibility index (Phi) is 21.8. The van der Waals surface area contributed by atoms with Crippen molar-refractivity contribution in [2.24, 2.45) is 0 Å². The van der Waals surface area contributed by atoms with Gasteiger partial charge < -0.3 is 19.7 Å². The van der Waals surface area contributed by atoms with E-state index in [0.29, 0.717) is 31.8 Å². The van der Waals surface area contributed by atoms with Gasteiger partial charge in [-0.2, -0.15) is 0 Å². The third-order valence-corrected chi connectivity index (χ3v) is 8.17. The highest BCUT2D eigenvalue weighted by molar-refractivity contribution is 5.77. The zero-order chi connectivity index (χ0) is 29.9. The van der Waals surface area contributed by atoms with Gasteiger partial charge in [0.05, 0.1) is 13.2 Å². The molecule has 1 aliphatic rings. The lowest BCUT2D eigenvalue weighted by atomic mass is 10.0. The number of nitrogens with zero attached hydrogens (tertiary/aromatic N) is 2. The van der Waals surface area contributed by atoms with Crippen LogP contribution in [-0.4, -0.2) is 74.3 Å². The number of nitrogens with one attached hydrogen (secondary N) is 1. The molecule has 7 heteroatoms. The molecule has 7 nitrogen and oxygen atoms in total. The third kappa shape index (κ3) is 19.1. The highest BCUT2D eigenvalue weighted by Crippen LogP contribution is 2.15. The summed E-state index contributed by atoms with van der Waals surface area (Å²) in [6.07, 6.45) is 21.9. The second-order valence-corrected chi connectivity index (χ2v) is 11.9. The molecule has 2 amide bonds. The molecule has 1 aliphatic heterocycles. The van der Waals surface area contributed by atoms with Gasteiger partial charge in [-0.25, -0.2) is 4.79 Å². The number of hydrogen-bond donors (Lipinski definition) is 1.